The second-order valence-electron chi connectivity index (χ2n) is 9.08. The van der Waals surface area contributed by atoms with Crippen molar-refractivity contribution in [1.82, 2.24) is 9.80 Å². The van der Waals surface area contributed by atoms with Gasteiger partial charge in [0.05, 0.1) is 0 Å². The van der Waals surface area contributed by atoms with E-state index in [1.807, 2.05) is 12.1 Å². The van der Waals surface area contributed by atoms with Gasteiger partial charge in [0.25, 0.3) is 0 Å². The largest absolute Gasteiger partial charge is 0.504 e. The summed E-state index contributed by atoms with van der Waals surface area (Å²) in [5.41, 5.74) is 2.47. The Morgan fingerprint density at radius 2 is 1.14 bits per heavy atom. The lowest BCUT2D eigenvalue weighted by Crippen LogP contribution is -2.27. The minimum Gasteiger partial charge on any atom is -0.504 e. The zero-order valence-corrected chi connectivity index (χ0v) is 22.9. The fourth-order valence-electron chi connectivity index (χ4n) is 4.86. The van der Waals surface area contributed by atoms with Crippen LogP contribution in [0.25, 0.3) is 0 Å². The summed E-state index contributed by atoms with van der Waals surface area (Å²) in [6.07, 6.45) is 2.03. The van der Waals surface area contributed by atoms with Crippen molar-refractivity contribution < 1.29 is 14.6 Å². The topological polar surface area (TPSA) is 45.2 Å². The summed E-state index contributed by atoms with van der Waals surface area (Å²) in [5, 5.41) is 10.7. The Bertz CT molecular complexity index is 832. The van der Waals surface area contributed by atoms with Crippen LogP contribution in [0.3, 0.4) is 0 Å². The quantitative estimate of drug-likeness (QED) is 0.277. The molecule has 2 aromatic rings. The second kappa shape index (κ2) is 15.7. The third kappa shape index (κ3) is 8.73. The van der Waals surface area contributed by atoms with Gasteiger partial charge in [-0.1, -0.05) is 59.7 Å². The van der Waals surface area contributed by atoms with E-state index in [0.29, 0.717) is 30.8 Å². The fraction of sp³-hybridized carbons (Fsp3) is 0.600. The molecule has 5 heteroatoms. The van der Waals surface area contributed by atoms with Crippen LogP contribution in [0.2, 0.25) is 0 Å². The van der Waals surface area contributed by atoms with Gasteiger partial charge in [-0.2, -0.15) is 0 Å². The number of benzene rings is 2. The molecule has 0 saturated heterocycles. The molecule has 2 aromatic carbocycles. The maximum Gasteiger partial charge on any atom is 0.160 e. The first-order chi connectivity index (χ1) is 17.0. The predicted molar refractivity (Wildman–Crippen MR) is 147 cm³/mol. The molecule has 2 rings (SSSR count). The normalized spacial score (nSPS) is 13.3. The SMILES string of the molecule is CC[C@H](c1ccc(OCCN(CC)CC)c(O)c1)[C@@H](CC)c1ccc(OCCN(CC)CC)cc1. The summed E-state index contributed by atoms with van der Waals surface area (Å²) in [5.74, 6) is 2.42. The van der Waals surface area contributed by atoms with Crippen molar-refractivity contribution in [2.75, 3.05) is 52.5 Å². The molecule has 0 unspecified atom stereocenters. The smallest absolute Gasteiger partial charge is 0.160 e. The van der Waals surface area contributed by atoms with E-state index in [-0.39, 0.29) is 5.75 Å². The first-order valence-electron chi connectivity index (χ1n) is 13.6. The van der Waals surface area contributed by atoms with E-state index in [9.17, 15) is 5.11 Å². The minimum atomic E-state index is 0.229. The van der Waals surface area contributed by atoms with Crippen LogP contribution in [0.4, 0.5) is 0 Å². The van der Waals surface area contributed by atoms with Crippen molar-refractivity contribution in [3.05, 3.63) is 53.6 Å². The van der Waals surface area contributed by atoms with Crippen molar-refractivity contribution in [2.24, 2.45) is 0 Å². The van der Waals surface area contributed by atoms with E-state index in [0.717, 1.165) is 63.4 Å². The molecule has 196 valence electrons. The van der Waals surface area contributed by atoms with Gasteiger partial charge in [-0.25, -0.2) is 0 Å². The van der Waals surface area contributed by atoms with Gasteiger partial charge in [0.15, 0.2) is 11.5 Å². The lowest BCUT2D eigenvalue weighted by atomic mass is 9.78. The average molecular weight is 485 g/mol. The monoisotopic (exact) mass is 484 g/mol. The molecule has 0 radical (unpaired) electrons. The lowest BCUT2D eigenvalue weighted by molar-refractivity contribution is 0.218. The molecule has 0 saturated carbocycles. The van der Waals surface area contributed by atoms with E-state index in [1.165, 1.54) is 5.56 Å². The zero-order valence-electron chi connectivity index (χ0n) is 22.9. The summed E-state index contributed by atoms with van der Waals surface area (Å²) in [6, 6.07) is 14.5. The molecule has 1 N–H and O–H groups in total. The molecule has 0 amide bonds. The van der Waals surface area contributed by atoms with Crippen molar-refractivity contribution in [2.45, 2.75) is 66.2 Å². The highest BCUT2D eigenvalue weighted by Gasteiger charge is 2.23. The molecule has 0 heterocycles. The number of aromatic hydroxyl groups is 1. The number of phenolic OH excluding ortho intramolecular Hbond substituents is 1. The van der Waals surface area contributed by atoms with Crippen LogP contribution in [0, 0.1) is 0 Å². The molecular formula is C30H48N2O3. The molecule has 0 aromatic heterocycles. The predicted octanol–water partition coefficient (Wildman–Crippen LogP) is 6.52. The molecule has 5 nitrogen and oxygen atoms in total. The first-order valence-corrected chi connectivity index (χ1v) is 13.6. The second-order valence-corrected chi connectivity index (χ2v) is 9.08. The van der Waals surface area contributed by atoms with Gasteiger partial charge in [0, 0.05) is 13.1 Å². The number of nitrogens with zero attached hydrogens (tertiary/aromatic N) is 2. The van der Waals surface area contributed by atoms with Gasteiger partial charge >= 0.3 is 0 Å². The van der Waals surface area contributed by atoms with Gasteiger partial charge in [-0.3, -0.25) is 0 Å². The number of likely N-dealkylation sites (N-methyl/N-ethyl adjacent to an activating group) is 2. The Morgan fingerprint density at radius 1 is 0.657 bits per heavy atom. The molecule has 0 aliphatic carbocycles. The van der Waals surface area contributed by atoms with E-state index < -0.39 is 0 Å². The minimum absolute atomic E-state index is 0.229. The van der Waals surface area contributed by atoms with Crippen molar-refractivity contribution in [3.63, 3.8) is 0 Å². The lowest BCUT2D eigenvalue weighted by Gasteiger charge is -2.27. The van der Waals surface area contributed by atoms with Gasteiger partial charge in [0.2, 0.25) is 0 Å². The third-order valence-corrected chi connectivity index (χ3v) is 7.21. The highest BCUT2D eigenvalue weighted by Crippen LogP contribution is 2.41. The summed E-state index contributed by atoms with van der Waals surface area (Å²) < 4.78 is 11.9. The van der Waals surface area contributed by atoms with E-state index in [4.69, 9.17) is 9.47 Å². The Balaban J connectivity index is 2.05. The van der Waals surface area contributed by atoms with Crippen molar-refractivity contribution >= 4 is 0 Å². The maximum absolute atomic E-state index is 10.7. The van der Waals surface area contributed by atoms with Gasteiger partial charge < -0.3 is 24.4 Å². The van der Waals surface area contributed by atoms with Crippen LogP contribution in [0.1, 0.15) is 77.3 Å². The van der Waals surface area contributed by atoms with E-state index in [1.54, 1.807) is 0 Å². The Labute approximate surface area is 214 Å². The molecule has 0 fully saturated rings. The molecule has 0 spiro atoms. The van der Waals surface area contributed by atoms with Gasteiger partial charge in [0.1, 0.15) is 19.0 Å². The third-order valence-electron chi connectivity index (χ3n) is 7.21. The number of ether oxygens (including phenoxy) is 2. The van der Waals surface area contributed by atoms with Crippen LogP contribution in [0.15, 0.2) is 42.5 Å². The van der Waals surface area contributed by atoms with Crippen LogP contribution >= 0.6 is 0 Å². The maximum atomic E-state index is 10.7. The summed E-state index contributed by atoms with van der Waals surface area (Å²) in [6.45, 7) is 20.3. The summed E-state index contributed by atoms with van der Waals surface area (Å²) in [4.78, 5) is 4.68. The number of rotatable bonds is 17. The summed E-state index contributed by atoms with van der Waals surface area (Å²) in [7, 11) is 0. The van der Waals surface area contributed by atoms with E-state index >= 15 is 0 Å². The molecule has 0 bridgehead atoms. The Kier molecular flexibility index (Phi) is 13.0. The molecule has 0 aliphatic heterocycles. The van der Waals surface area contributed by atoms with Crippen molar-refractivity contribution in [3.8, 4) is 17.2 Å². The molecule has 2 atom stereocenters. The first kappa shape index (κ1) is 29.0. The highest BCUT2D eigenvalue weighted by molar-refractivity contribution is 5.44. The van der Waals surface area contributed by atoms with Crippen LogP contribution in [-0.2, 0) is 0 Å². The molecule has 35 heavy (non-hydrogen) atoms. The van der Waals surface area contributed by atoms with Gasteiger partial charge in [-0.05, 0) is 86.2 Å². The van der Waals surface area contributed by atoms with Gasteiger partial charge in [-0.15, -0.1) is 0 Å². The standard InChI is InChI=1S/C30H48N2O3/c1-7-27(24-13-16-26(17-14-24)34-21-19-31(9-3)10-4)28(8-2)25-15-18-30(29(33)23-25)35-22-20-32(11-5)12-6/h13-18,23,27-28,33H,7-12,19-22H2,1-6H3/t27-,28+/m0/s1. The highest BCUT2D eigenvalue weighted by atomic mass is 16.5. The van der Waals surface area contributed by atoms with Crippen molar-refractivity contribution in [1.29, 1.82) is 0 Å². The van der Waals surface area contributed by atoms with Crippen LogP contribution in [0.5, 0.6) is 17.2 Å². The number of hydrogen-bond donors (Lipinski definition) is 1. The zero-order chi connectivity index (χ0) is 25.6. The van der Waals surface area contributed by atoms with Crippen LogP contribution < -0.4 is 9.47 Å². The number of phenols is 1. The summed E-state index contributed by atoms with van der Waals surface area (Å²) >= 11 is 0. The number of hydrogen-bond acceptors (Lipinski definition) is 5. The van der Waals surface area contributed by atoms with E-state index in [2.05, 4.69) is 81.7 Å². The Morgan fingerprint density at radius 3 is 1.63 bits per heavy atom. The molecular weight excluding hydrogens is 436 g/mol. The molecule has 0 aliphatic rings. The Hall–Kier alpha value is -2.24. The van der Waals surface area contributed by atoms with Crippen LogP contribution in [-0.4, -0.2) is 67.4 Å². The average Bonchev–Trinajstić information content (AvgIpc) is 2.89. The fourth-order valence-corrected chi connectivity index (χ4v) is 4.86.